The Morgan fingerprint density at radius 2 is 1.83 bits per heavy atom. The first-order valence-corrected chi connectivity index (χ1v) is 7.73. The molecular weight excluding hydrogens is 252 g/mol. The number of carbonyl (C=O) groups excluding carboxylic acids is 1. The fourth-order valence-corrected chi connectivity index (χ4v) is 2.06. The summed E-state index contributed by atoms with van der Waals surface area (Å²) in [4.78, 5) is 24.7. The lowest BCUT2D eigenvalue weighted by Crippen LogP contribution is -2.48. The third-order valence-electron chi connectivity index (χ3n) is 2.48. The maximum absolute atomic E-state index is 11.9. The van der Waals surface area contributed by atoms with Gasteiger partial charge in [-0.3, -0.25) is 0 Å². The van der Waals surface area contributed by atoms with Crippen molar-refractivity contribution in [1.29, 1.82) is 0 Å². The second kappa shape index (κ2) is 10.1. The number of hydrogen-bond donors (Lipinski definition) is 2. The Labute approximate surface area is 113 Å². The van der Waals surface area contributed by atoms with Crippen LogP contribution in [0.25, 0.3) is 0 Å². The van der Waals surface area contributed by atoms with Gasteiger partial charge in [-0.2, -0.15) is 11.8 Å². The Morgan fingerprint density at radius 1 is 1.28 bits per heavy atom. The number of rotatable bonds is 9. The van der Waals surface area contributed by atoms with E-state index in [9.17, 15) is 9.59 Å². The number of thioether (sulfide) groups is 1. The first-order chi connectivity index (χ1) is 8.56. The fourth-order valence-electron chi connectivity index (χ4n) is 1.59. The molecule has 106 valence electrons. The minimum absolute atomic E-state index is 0.271. The van der Waals surface area contributed by atoms with Crippen LogP contribution < -0.4 is 5.32 Å². The van der Waals surface area contributed by atoms with Gasteiger partial charge in [-0.05, 0) is 31.3 Å². The van der Waals surface area contributed by atoms with E-state index in [4.69, 9.17) is 5.11 Å². The van der Waals surface area contributed by atoms with E-state index in [1.165, 1.54) is 0 Å². The van der Waals surface area contributed by atoms with Crippen LogP contribution in [0.1, 0.15) is 33.1 Å². The van der Waals surface area contributed by atoms with Crippen LogP contribution in [0, 0.1) is 0 Å². The maximum Gasteiger partial charge on any atom is 0.326 e. The Kier molecular flexibility index (Phi) is 9.55. The summed E-state index contributed by atoms with van der Waals surface area (Å²) in [6.45, 7) is 5.32. The molecule has 0 aromatic carbocycles. The molecule has 0 saturated carbocycles. The number of urea groups is 1. The predicted octanol–water partition coefficient (Wildman–Crippen LogP) is 2.02. The van der Waals surface area contributed by atoms with Crippen molar-refractivity contribution in [1.82, 2.24) is 10.2 Å². The Balaban J connectivity index is 4.39. The number of nitrogens with zero attached hydrogens (tertiary/aromatic N) is 1. The Morgan fingerprint density at radius 3 is 2.22 bits per heavy atom. The van der Waals surface area contributed by atoms with Crippen LogP contribution in [0.4, 0.5) is 4.79 Å². The molecule has 0 bridgehead atoms. The van der Waals surface area contributed by atoms with Gasteiger partial charge in [0.25, 0.3) is 0 Å². The third kappa shape index (κ3) is 6.74. The van der Waals surface area contributed by atoms with Crippen molar-refractivity contribution in [2.24, 2.45) is 0 Å². The molecule has 2 amide bonds. The van der Waals surface area contributed by atoms with Gasteiger partial charge in [0, 0.05) is 13.1 Å². The zero-order valence-electron chi connectivity index (χ0n) is 11.4. The van der Waals surface area contributed by atoms with Gasteiger partial charge in [-0.15, -0.1) is 0 Å². The van der Waals surface area contributed by atoms with Crippen LogP contribution >= 0.6 is 11.8 Å². The number of aliphatic carboxylic acids is 1. The number of amides is 2. The smallest absolute Gasteiger partial charge is 0.326 e. The lowest BCUT2D eigenvalue weighted by Gasteiger charge is -2.24. The molecule has 0 rings (SSSR count). The summed E-state index contributed by atoms with van der Waals surface area (Å²) < 4.78 is 0. The lowest BCUT2D eigenvalue weighted by molar-refractivity contribution is -0.139. The standard InChI is InChI=1S/C12H24N2O3S/c1-4-7-14(8-5-2)12(17)13-10(11(15)16)6-9-18-3/h10H,4-9H2,1-3H3,(H,13,17)(H,15,16)/t10-/m0/s1. The highest BCUT2D eigenvalue weighted by Crippen LogP contribution is 2.03. The van der Waals surface area contributed by atoms with Gasteiger partial charge >= 0.3 is 12.0 Å². The number of hydrogen-bond acceptors (Lipinski definition) is 3. The molecule has 0 spiro atoms. The summed E-state index contributed by atoms with van der Waals surface area (Å²) in [7, 11) is 0. The van der Waals surface area contributed by atoms with Crippen molar-refractivity contribution < 1.29 is 14.7 Å². The van der Waals surface area contributed by atoms with E-state index in [2.05, 4.69) is 5.32 Å². The van der Waals surface area contributed by atoms with Gasteiger partial charge in [0.15, 0.2) is 0 Å². The maximum atomic E-state index is 11.9. The minimum Gasteiger partial charge on any atom is -0.480 e. The van der Waals surface area contributed by atoms with E-state index in [0.717, 1.165) is 18.6 Å². The zero-order chi connectivity index (χ0) is 14.0. The molecule has 0 aromatic heterocycles. The topological polar surface area (TPSA) is 69.6 Å². The number of carbonyl (C=O) groups is 2. The second-order valence-electron chi connectivity index (χ2n) is 4.11. The first kappa shape index (κ1) is 17.1. The van der Waals surface area contributed by atoms with Crippen LogP contribution in [-0.4, -0.2) is 53.1 Å². The third-order valence-corrected chi connectivity index (χ3v) is 3.12. The molecule has 0 aliphatic carbocycles. The van der Waals surface area contributed by atoms with E-state index in [1.807, 2.05) is 20.1 Å². The second-order valence-corrected chi connectivity index (χ2v) is 5.09. The van der Waals surface area contributed by atoms with Crippen molar-refractivity contribution in [2.75, 3.05) is 25.1 Å². The zero-order valence-corrected chi connectivity index (χ0v) is 12.3. The van der Waals surface area contributed by atoms with Gasteiger partial charge in [-0.25, -0.2) is 9.59 Å². The average Bonchev–Trinajstić information content (AvgIpc) is 2.33. The molecule has 0 aromatic rings. The molecule has 6 heteroatoms. The van der Waals surface area contributed by atoms with Gasteiger partial charge in [0.05, 0.1) is 0 Å². The summed E-state index contributed by atoms with van der Waals surface area (Å²) in [6.07, 6.45) is 4.11. The summed E-state index contributed by atoms with van der Waals surface area (Å²) in [5.41, 5.74) is 0. The molecule has 0 aliphatic heterocycles. The van der Waals surface area contributed by atoms with Gasteiger partial charge in [0.2, 0.25) is 0 Å². The number of carboxylic acid groups (broad SMARTS) is 1. The fraction of sp³-hybridized carbons (Fsp3) is 0.833. The first-order valence-electron chi connectivity index (χ1n) is 6.33. The highest BCUT2D eigenvalue weighted by atomic mass is 32.2. The van der Waals surface area contributed by atoms with Gasteiger partial charge in [-0.1, -0.05) is 13.8 Å². The monoisotopic (exact) mass is 276 g/mol. The summed E-state index contributed by atoms with van der Waals surface area (Å²) in [5.74, 6) is -0.246. The van der Waals surface area contributed by atoms with E-state index < -0.39 is 12.0 Å². The molecule has 0 fully saturated rings. The molecule has 0 aliphatic rings. The summed E-state index contributed by atoms with van der Waals surface area (Å²) in [5, 5.41) is 11.6. The van der Waals surface area contributed by atoms with Crippen LogP contribution in [-0.2, 0) is 4.79 Å². The Bertz CT molecular complexity index is 256. The molecule has 0 heterocycles. The predicted molar refractivity (Wildman–Crippen MR) is 75.1 cm³/mol. The molecule has 18 heavy (non-hydrogen) atoms. The molecule has 0 radical (unpaired) electrons. The van der Waals surface area contributed by atoms with Crippen LogP contribution in [0.2, 0.25) is 0 Å². The number of nitrogens with one attached hydrogen (secondary N) is 1. The minimum atomic E-state index is -0.967. The van der Waals surface area contributed by atoms with Crippen LogP contribution in [0.15, 0.2) is 0 Å². The highest BCUT2D eigenvalue weighted by Gasteiger charge is 2.21. The van der Waals surface area contributed by atoms with Crippen molar-refractivity contribution in [3.63, 3.8) is 0 Å². The van der Waals surface area contributed by atoms with Crippen molar-refractivity contribution in [3.8, 4) is 0 Å². The summed E-state index contributed by atoms with van der Waals surface area (Å²) >= 11 is 1.58. The van der Waals surface area contributed by atoms with E-state index in [0.29, 0.717) is 19.5 Å². The quantitative estimate of drug-likeness (QED) is 0.676. The highest BCUT2D eigenvalue weighted by molar-refractivity contribution is 7.98. The Hall–Kier alpha value is -0.910. The summed E-state index contributed by atoms with van der Waals surface area (Å²) in [6, 6.07) is -1.06. The van der Waals surface area contributed by atoms with Crippen LogP contribution in [0.3, 0.4) is 0 Å². The van der Waals surface area contributed by atoms with E-state index in [-0.39, 0.29) is 6.03 Å². The van der Waals surface area contributed by atoms with E-state index >= 15 is 0 Å². The van der Waals surface area contributed by atoms with Crippen LogP contribution in [0.5, 0.6) is 0 Å². The van der Waals surface area contributed by atoms with Gasteiger partial charge in [0.1, 0.15) is 6.04 Å². The number of carboxylic acids is 1. The molecule has 2 N–H and O–H groups in total. The van der Waals surface area contributed by atoms with Gasteiger partial charge < -0.3 is 15.3 Å². The SMILES string of the molecule is CCCN(CCC)C(=O)N[C@@H](CCSC)C(=O)O. The normalized spacial score (nSPS) is 11.9. The molecule has 0 unspecified atom stereocenters. The van der Waals surface area contributed by atoms with Crippen molar-refractivity contribution in [2.45, 2.75) is 39.2 Å². The lowest BCUT2D eigenvalue weighted by atomic mass is 10.2. The molecule has 1 atom stereocenters. The largest absolute Gasteiger partial charge is 0.480 e. The van der Waals surface area contributed by atoms with Crippen molar-refractivity contribution >= 4 is 23.8 Å². The molecule has 0 saturated heterocycles. The molecule has 5 nitrogen and oxygen atoms in total. The van der Waals surface area contributed by atoms with E-state index in [1.54, 1.807) is 16.7 Å². The van der Waals surface area contributed by atoms with Crippen molar-refractivity contribution in [3.05, 3.63) is 0 Å². The average molecular weight is 276 g/mol. The molecular formula is C12H24N2O3S.